The number of carbonyl (C=O) groups is 2. The number of aliphatic hydroxyl groups excluding tert-OH is 1. The Hall–Kier alpha value is -3.68. The number of hydrogen-bond acceptors (Lipinski definition) is 6. The first-order chi connectivity index (χ1) is 22.5. The number of carbonyl (C=O) groups excluding carboxylic acids is 2. The summed E-state index contributed by atoms with van der Waals surface area (Å²) in [6, 6.07) is 18.2. The van der Waals surface area contributed by atoms with Crippen molar-refractivity contribution in [3.63, 3.8) is 0 Å². The van der Waals surface area contributed by atoms with Crippen molar-refractivity contribution < 1.29 is 28.9 Å². The normalized spacial score (nSPS) is 17.3. The molecule has 1 N–H and O–H groups in total. The van der Waals surface area contributed by atoms with E-state index in [-0.39, 0.29) is 12.6 Å². The van der Waals surface area contributed by atoms with Crippen molar-refractivity contribution in [1.29, 1.82) is 0 Å². The summed E-state index contributed by atoms with van der Waals surface area (Å²) in [5.41, 5.74) is -0.818. The Morgan fingerprint density at radius 1 is 0.894 bits per heavy atom. The Kier molecular flexibility index (Phi) is 11.1. The largest absolute Gasteiger partial charge is 0.462 e. The number of aliphatic hydroxyl groups is 1. The molecule has 0 spiro atoms. The van der Waals surface area contributed by atoms with Crippen LogP contribution in [-0.4, -0.2) is 58.8 Å². The number of allylic oxidation sites excluding steroid dienone is 1. The predicted octanol–water partition coefficient (Wildman–Crippen LogP) is 9.54. The molecular formula is C40H51NO6. The number of benzene rings is 4. The van der Waals surface area contributed by atoms with Crippen LogP contribution >= 0.6 is 0 Å². The molecule has 1 heterocycles. The van der Waals surface area contributed by atoms with Gasteiger partial charge < -0.3 is 19.3 Å². The molecule has 7 heteroatoms. The van der Waals surface area contributed by atoms with Gasteiger partial charge in [0.1, 0.15) is 11.3 Å². The fraction of sp³-hybridized carbons (Fsp3) is 0.500. The second kappa shape index (κ2) is 15.0. The fourth-order valence-corrected chi connectivity index (χ4v) is 6.70. The quantitative estimate of drug-likeness (QED) is 0.0639. The van der Waals surface area contributed by atoms with Crippen LogP contribution in [-0.2, 0) is 14.2 Å². The molecule has 0 saturated carbocycles. The Labute approximate surface area is 279 Å². The predicted molar refractivity (Wildman–Crippen MR) is 189 cm³/mol. The zero-order valence-electron chi connectivity index (χ0n) is 28.7. The van der Waals surface area contributed by atoms with Gasteiger partial charge in [-0.15, -0.1) is 0 Å². The average Bonchev–Trinajstić information content (AvgIpc) is 3.36. The first kappa shape index (κ1) is 34.6. The number of esters is 1. The molecule has 1 amide bonds. The maximum Gasteiger partial charge on any atom is 0.413 e. The lowest BCUT2D eigenvalue weighted by Gasteiger charge is -2.36. The zero-order chi connectivity index (χ0) is 33.6. The maximum absolute atomic E-state index is 13.0. The smallest absolute Gasteiger partial charge is 0.413 e. The monoisotopic (exact) mass is 641 g/mol. The number of nitrogens with zero attached hydrogens (tertiary/aromatic N) is 1. The summed E-state index contributed by atoms with van der Waals surface area (Å²) in [5, 5.41) is 17.6. The Balaban J connectivity index is 0.944. The molecule has 0 radical (unpaired) electrons. The van der Waals surface area contributed by atoms with Crippen LogP contribution in [0.2, 0.25) is 0 Å². The van der Waals surface area contributed by atoms with Gasteiger partial charge in [-0.3, -0.25) is 4.90 Å². The van der Waals surface area contributed by atoms with E-state index < -0.39 is 29.6 Å². The van der Waals surface area contributed by atoms with Crippen molar-refractivity contribution in [3.05, 3.63) is 72.3 Å². The number of hydrogen-bond donors (Lipinski definition) is 1. The summed E-state index contributed by atoms with van der Waals surface area (Å²) in [4.78, 5) is 27.3. The van der Waals surface area contributed by atoms with E-state index in [0.29, 0.717) is 12.2 Å². The van der Waals surface area contributed by atoms with Crippen LogP contribution in [0.4, 0.5) is 4.79 Å². The lowest BCUT2D eigenvalue weighted by atomic mass is 9.92. The summed E-state index contributed by atoms with van der Waals surface area (Å²) in [6.07, 6.45) is 12.2. The molecule has 5 rings (SSSR count). The minimum Gasteiger partial charge on any atom is -0.462 e. The van der Waals surface area contributed by atoms with E-state index in [1.807, 2.05) is 58.9 Å². The van der Waals surface area contributed by atoms with Crippen molar-refractivity contribution in [2.75, 3.05) is 13.2 Å². The minimum absolute atomic E-state index is 0.245. The molecule has 1 fully saturated rings. The molecule has 1 aliphatic rings. The van der Waals surface area contributed by atoms with Crippen molar-refractivity contribution in [1.82, 2.24) is 4.90 Å². The summed E-state index contributed by atoms with van der Waals surface area (Å²) >= 11 is 0. The number of unbranched alkanes of at least 4 members (excludes halogenated alkanes) is 8. The number of ether oxygens (including phenoxy) is 3. The van der Waals surface area contributed by atoms with Crippen molar-refractivity contribution in [2.24, 2.45) is 0 Å². The maximum atomic E-state index is 13.0. The molecule has 1 saturated heterocycles. The highest BCUT2D eigenvalue weighted by Crippen LogP contribution is 2.36. The molecule has 1 aliphatic heterocycles. The van der Waals surface area contributed by atoms with E-state index in [1.165, 1.54) is 40.3 Å². The summed E-state index contributed by atoms with van der Waals surface area (Å²) in [6.45, 7) is 9.83. The van der Waals surface area contributed by atoms with E-state index in [2.05, 4.69) is 36.4 Å². The van der Waals surface area contributed by atoms with Gasteiger partial charge in [-0.1, -0.05) is 99.2 Å². The Bertz CT molecular complexity index is 1670. The highest BCUT2D eigenvalue weighted by Gasteiger charge is 2.47. The topological polar surface area (TPSA) is 85.3 Å². The zero-order valence-corrected chi connectivity index (χ0v) is 28.7. The second-order valence-electron chi connectivity index (χ2n) is 14.3. The van der Waals surface area contributed by atoms with Crippen LogP contribution < -0.4 is 0 Å². The van der Waals surface area contributed by atoms with Crippen LogP contribution in [0.3, 0.4) is 0 Å². The van der Waals surface area contributed by atoms with E-state index in [4.69, 9.17) is 14.2 Å². The molecule has 4 aromatic carbocycles. The van der Waals surface area contributed by atoms with E-state index in [0.717, 1.165) is 54.7 Å². The Morgan fingerprint density at radius 2 is 1.49 bits per heavy atom. The molecule has 7 nitrogen and oxygen atoms in total. The number of rotatable bonds is 14. The van der Waals surface area contributed by atoms with Gasteiger partial charge in [-0.2, -0.15) is 0 Å². The van der Waals surface area contributed by atoms with Gasteiger partial charge in [0, 0.05) is 0 Å². The van der Waals surface area contributed by atoms with Gasteiger partial charge in [0.15, 0.2) is 0 Å². The molecular weight excluding hydrogens is 590 g/mol. The molecule has 0 bridgehead atoms. The van der Waals surface area contributed by atoms with Crippen molar-refractivity contribution >= 4 is 44.4 Å². The van der Waals surface area contributed by atoms with Gasteiger partial charge in [-0.25, -0.2) is 9.59 Å². The van der Waals surface area contributed by atoms with Crippen LogP contribution in [0, 0.1) is 0 Å². The van der Waals surface area contributed by atoms with E-state index in [1.54, 1.807) is 6.08 Å². The third kappa shape index (κ3) is 8.43. The van der Waals surface area contributed by atoms with Crippen LogP contribution in [0.1, 0.15) is 103 Å². The summed E-state index contributed by atoms with van der Waals surface area (Å²) < 4.78 is 17.1. The third-order valence-electron chi connectivity index (χ3n) is 9.08. The molecule has 2 atom stereocenters. The summed E-state index contributed by atoms with van der Waals surface area (Å²) in [5.74, 6) is -0.245. The van der Waals surface area contributed by atoms with Gasteiger partial charge in [0.25, 0.3) is 0 Å². The first-order valence-electron chi connectivity index (χ1n) is 17.3. The number of amides is 1. The van der Waals surface area contributed by atoms with E-state index >= 15 is 0 Å². The minimum atomic E-state index is -0.835. The van der Waals surface area contributed by atoms with Gasteiger partial charge in [0.2, 0.25) is 0 Å². The Morgan fingerprint density at radius 3 is 2.17 bits per heavy atom. The molecule has 4 aromatic rings. The lowest BCUT2D eigenvalue weighted by Crippen LogP contribution is -2.53. The van der Waals surface area contributed by atoms with Crippen molar-refractivity contribution in [3.8, 4) is 0 Å². The van der Waals surface area contributed by atoms with Gasteiger partial charge in [0.05, 0.1) is 30.9 Å². The molecule has 0 aromatic heterocycles. The van der Waals surface area contributed by atoms with E-state index in [9.17, 15) is 14.7 Å². The summed E-state index contributed by atoms with van der Waals surface area (Å²) in [7, 11) is 0. The molecule has 47 heavy (non-hydrogen) atoms. The fourth-order valence-electron chi connectivity index (χ4n) is 6.70. The van der Waals surface area contributed by atoms with Crippen LogP contribution in [0.25, 0.3) is 32.3 Å². The molecule has 0 aliphatic carbocycles. The first-order valence-corrected chi connectivity index (χ1v) is 17.3. The third-order valence-corrected chi connectivity index (χ3v) is 9.08. The molecule has 1 unspecified atom stereocenters. The standard InChI is InChI=1S/C40H51NO6/c1-39(2,3)47-38(44)41-33(27-46-40(41,4)5)34(42)19-14-12-10-8-6-7-9-11-13-15-26-45-37(43)32-25-23-30-21-20-28-17-16-18-29-22-24-31(32)36(30)35(28)29/h14,16-25,33-34,42H,6-13,15,26-27H2,1-5H3/t33?,34-/m1/s1. The van der Waals surface area contributed by atoms with Crippen LogP contribution in [0.5, 0.6) is 0 Å². The SMILES string of the molecule is CC(C)(C)OC(=O)N1C([C@H](O)C=CCCCCCCCCCCOC(=O)c2ccc3ccc4cccc5ccc2c3c45)COC1(C)C. The van der Waals surface area contributed by atoms with Crippen molar-refractivity contribution in [2.45, 2.75) is 116 Å². The van der Waals surface area contributed by atoms with Gasteiger partial charge in [-0.05, 0) is 92.3 Å². The van der Waals surface area contributed by atoms with Gasteiger partial charge >= 0.3 is 12.1 Å². The highest BCUT2D eigenvalue weighted by atomic mass is 16.6. The second-order valence-corrected chi connectivity index (χ2v) is 14.3. The highest BCUT2D eigenvalue weighted by molar-refractivity contribution is 6.25. The lowest BCUT2D eigenvalue weighted by molar-refractivity contribution is -0.0661. The molecule has 252 valence electrons. The average molecular weight is 642 g/mol. The van der Waals surface area contributed by atoms with Crippen LogP contribution in [0.15, 0.2) is 66.7 Å².